The van der Waals surface area contributed by atoms with Crippen LogP contribution in [0, 0.1) is 0 Å². The Balaban J connectivity index is 1.80. The number of benzene rings is 1. The quantitative estimate of drug-likeness (QED) is 0.798. The molecule has 108 valence electrons. The van der Waals surface area contributed by atoms with Crippen LogP contribution >= 0.6 is 0 Å². The lowest BCUT2D eigenvalue weighted by Crippen LogP contribution is -2.14. The van der Waals surface area contributed by atoms with E-state index in [2.05, 4.69) is 42.1 Å². The van der Waals surface area contributed by atoms with Crippen LogP contribution < -0.4 is 5.73 Å². The van der Waals surface area contributed by atoms with E-state index in [1.165, 1.54) is 0 Å². The van der Waals surface area contributed by atoms with Gasteiger partial charge in [-0.05, 0) is 43.7 Å². The number of fused-ring (bicyclic) bond motifs is 1. The molecule has 0 fully saturated rings. The average Bonchev–Trinajstić information content (AvgIpc) is 2.95. The van der Waals surface area contributed by atoms with Crippen molar-refractivity contribution < 1.29 is 0 Å². The predicted octanol–water partition coefficient (Wildman–Crippen LogP) is 3.25. The fourth-order valence-electron chi connectivity index (χ4n) is 2.44. The SMILES string of the molecule is CC(C)n1ccc(CC(N)c2ccc3ncccc3c2)n1. The summed E-state index contributed by atoms with van der Waals surface area (Å²) in [4.78, 5) is 4.33. The van der Waals surface area contributed by atoms with Crippen molar-refractivity contribution in [1.29, 1.82) is 0 Å². The number of aromatic nitrogens is 3. The second-order valence-electron chi connectivity index (χ2n) is 5.65. The molecular weight excluding hydrogens is 260 g/mol. The summed E-state index contributed by atoms with van der Waals surface area (Å²) in [6.07, 6.45) is 4.56. The minimum Gasteiger partial charge on any atom is -0.324 e. The summed E-state index contributed by atoms with van der Waals surface area (Å²) in [6, 6.07) is 12.6. The van der Waals surface area contributed by atoms with Crippen LogP contribution in [-0.4, -0.2) is 14.8 Å². The van der Waals surface area contributed by atoms with Gasteiger partial charge < -0.3 is 5.73 Å². The van der Waals surface area contributed by atoms with Crippen molar-refractivity contribution in [2.24, 2.45) is 5.73 Å². The zero-order valence-corrected chi connectivity index (χ0v) is 12.4. The van der Waals surface area contributed by atoms with E-state index in [9.17, 15) is 0 Å². The summed E-state index contributed by atoms with van der Waals surface area (Å²) in [6.45, 7) is 4.24. The van der Waals surface area contributed by atoms with Gasteiger partial charge in [0.1, 0.15) is 0 Å². The minimum atomic E-state index is -0.0508. The third kappa shape index (κ3) is 2.95. The maximum Gasteiger partial charge on any atom is 0.0702 e. The summed E-state index contributed by atoms with van der Waals surface area (Å²) >= 11 is 0. The standard InChI is InChI=1S/C17H20N4/c1-12(2)21-9-7-15(20-21)11-16(18)13-5-6-17-14(10-13)4-3-8-19-17/h3-10,12,16H,11,18H2,1-2H3. The Hall–Kier alpha value is -2.20. The molecule has 0 amide bonds. The van der Waals surface area contributed by atoms with Crippen LogP contribution in [-0.2, 0) is 6.42 Å². The lowest BCUT2D eigenvalue weighted by atomic mass is 10.0. The molecule has 0 aliphatic rings. The van der Waals surface area contributed by atoms with Crippen molar-refractivity contribution in [1.82, 2.24) is 14.8 Å². The van der Waals surface area contributed by atoms with E-state index in [1.54, 1.807) is 6.20 Å². The molecule has 2 heterocycles. The van der Waals surface area contributed by atoms with E-state index in [-0.39, 0.29) is 6.04 Å². The lowest BCUT2D eigenvalue weighted by molar-refractivity contribution is 0.522. The molecule has 0 bridgehead atoms. The molecule has 0 aliphatic heterocycles. The Labute approximate surface area is 124 Å². The molecule has 4 heteroatoms. The molecule has 0 saturated carbocycles. The monoisotopic (exact) mass is 280 g/mol. The van der Waals surface area contributed by atoms with Crippen LogP contribution in [0.15, 0.2) is 48.8 Å². The molecule has 0 spiro atoms. The second kappa shape index (κ2) is 5.66. The van der Waals surface area contributed by atoms with Crippen LogP contribution in [0.2, 0.25) is 0 Å². The molecule has 4 nitrogen and oxygen atoms in total. The molecule has 21 heavy (non-hydrogen) atoms. The summed E-state index contributed by atoms with van der Waals surface area (Å²) in [5.74, 6) is 0. The van der Waals surface area contributed by atoms with Crippen molar-refractivity contribution >= 4 is 10.9 Å². The Morgan fingerprint density at radius 3 is 2.81 bits per heavy atom. The normalized spacial score (nSPS) is 13.0. The molecule has 3 rings (SSSR count). The third-order valence-electron chi connectivity index (χ3n) is 3.68. The predicted molar refractivity (Wildman–Crippen MR) is 85.0 cm³/mol. The molecule has 0 radical (unpaired) electrons. The van der Waals surface area contributed by atoms with E-state index in [1.807, 2.05) is 29.1 Å². The maximum atomic E-state index is 6.33. The number of nitrogens with two attached hydrogens (primary N) is 1. The first-order valence-corrected chi connectivity index (χ1v) is 7.28. The number of pyridine rings is 1. The molecule has 1 atom stereocenters. The first kappa shape index (κ1) is 13.8. The van der Waals surface area contributed by atoms with Gasteiger partial charge in [-0.15, -0.1) is 0 Å². The first-order valence-electron chi connectivity index (χ1n) is 7.28. The van der Waals surface area contributed by atoms with Gasteiger partial charge in [0.25, 0.3) is 0 Å². The van der Waals surface area contributed by atoms with Crippen molar-refractivity contribution in [3.05, 3.63) is 60.0 Å². The number of hydrogen-bond donors (Lipinski definition) is 1. The number of hydrogen-bond acceptors (Lipinski definition) is 3. The molecule has 2 aromatic heterocycles. The molecule has 0 aliphatic carbocycles. The van der Waals surface area contributed by atoms with Gasteiger partial charge in [-0.2, -0.15) is 5.10 Å². The van der Waals surface area contributed by atoms with Crippen molar-refractivity contribution in [2.45, 2.75) is 32.4 Å². The highest BCUT2D eigenvalue weighted by molar-refractivity contribution is 5.79. The van der Waals surface area contributed by atoms with Crippen LogP contribution in [0.4, 0.5) is 0 Å². The van der Waals surface area contributed by atoms with E-state index in [0.717, 1.165) is 28.6 Å². The fraction of sp³-hybridized carbons (Fsp3) is 0.294. The van der Waals surface area contributed by atoms with Crippen LogP contribution in [0.5, 0.6) is 0 Å². The summed E-state index contributed by atoms with van der Waals surface area (Å²) in [5, 5.41) is 5.69. The third-order valence-corrected chi connectivity index (χ3v) is 3.68. The van der Waals surface area contributed by atoms with Crippen LogP contribution in [0.25, 0.3) is 10.9 Å². The van der Waals surface area contributed by atoms with Crippen molar-refractivity contribution in [3.63, 3.8) is 0 Å². The molecule has 2 N–H and O–H groups in total. The number of nitrogens with zero attached hydrogens (tertiary/aromatic N) is 3. The Bertz CT molecular complexity index is 745. The smallest absolute Gasteiger partial charge is 0.0702 e. The van der Waals surface area contributed by atoms with E-state index < -0.39 is 0 Å². The van der Waals surface area contributed by atoms with Gasteiger partial charge in [0.05, 0.1) is 11.2 Å². The van der Waals surface area contributed by atoms with Crippen molar-refractivity contribution in [2.75, 3.05) is 0 Å². The van der Waals surface area contributed by atoms with Crippen molar-refractivity contribution in [3.8, 4) is 0 Å². The zero-order valence-electron chi connectivity index (χ0n) is 12.4. The van der Waals surface area contributed by atoms with Gasteiger partial charge in [0, 0.05) is 36.3 Å². The fourth-order valence-corrected chi connectivity index (χ4v) is 2.44. The van der Waals surface area contributed by atoms with E-state index >= 15 is 0 Å². The largest absolute Gasteiger partial charge is 0.324 e. The Morgan fingerprint density at radius 1 is 1.19 bits per heavy atom. The lowest BCUT2D eigenvalue weighted by Gasteiger charge is -2.11. The van der Waals surface area contributed by atoms with Gasteiger partial charge in [0.2, 0.25) is 0 Å². The number of rotatable bonds is 4. The molecule has 1 aromatic carbocycles. The minimum absolute atomic E-state index is 0.0508. The van der Waals surface area contributed by atoms with Gasteiger partial charge in [0.15, 0.2) is 0 Å². The highest BCUT2D eigenvalue weighted by Crippen LogP contribution is 2.20. The summed E-state index contributed by atoms with van der Waals surface area (Å²) < 4.78 is 1.96. The topological polar surface area (TPSA) is 56.7 Å². The van der Waals surface area contributed by atoms with Crippen LogP contribution in [0.1, 0.15) is 37.2 Å². The maximum absolute atomic E-state index is 6.33. The second-order valence-corrected chi connectivity index (χ2v) is 5.65. The van der Waals surface area contributed by atoms with Gasteiger partial charge in [-0.25, -0.2) is 0 Å². The van der Waals surface area contributed by atoms with E-state index in [0.29, 0.717) is 6.04 Å². The summed E-state index contributed by atoms with van der Waals surface area (Å²) in [7, 11) is 0. The van der Waals surface area contributed by atoms with Gasteiger partial charge in [-0.3, -0.25) is 9.67 Å². The van der Waals surface area contributed by atoms with E-state index in [4.69, 9.17) is 5.73 Å². The van der Waals surface area contributed by atoms with Gasteiger partial charge in [-0.1, -0.05) is 12.1 Å². The molecular formula is C17H20N4. The summed E-state index contributed by atoms with van der Waals surface area (Å²) in [5.41, 5.74) is 9.48. The Kier molecular flexibility index (Phi) is 3.71. The molecule has 3 aromatic rings. The van der Waals surface area contributed by atoms with Gasteiger partial charge >= 0.3 is 0 Å². The highest BCUT2D eigenvalue weighted by Gasteiger charge is 2.11. The zero-order chi connectivity index (χ0) is 14.8. The molecule has 0 saturated heterocycles. The Morgan fingerprint density at radius 2 is 2.05 bits per heavy atom. The van der Waals surface area contributed by atoms with Crippen LogP contribution in [0.3, 0.4) is 0 Å². The molecule has 1 unspecified atom stereocenters. The first-order chi connectivity index (χ1) is 10.1. The highest BCUT2D eigenvalue weighted by atomic mass is 15.3. The average molecular weight is 280 g/mol.